The molecular weight excluding hydrogens is 245 g/mol. The van der Waals surface area contributed by atoms with Gasteiger partial charge in [-0.05, 0) is 18.2 Å². The molecule has 6 heteroatoms. The van der Waals surface area contributed by atoms with Crippen molar-refractivity contribution in [1.29, 1.82) is 0 Å². The molecule has 1 rings (SSSR count). The molecule has 0 saturated heterocycles. The Morgan fingerprint density at radius 3 is 2.21 bits per heavy atom. The maximum Gasteiger partial charge on any atom is 0.313 e. The van der Waals surface area contributed by atoms with E-state index in [1.165, 1.54) is 0 Å². The lowest BCUT2D eigenvalue weighted by atomic mass is 10.3. The highest BCUT2D eigenvalue weighted by Crippen LogP contribution is 2.23. The van der Waals surface area contributed by atoms with Crippen LogP contribution in [-0.4, -0.2) is 16.8 Å². The number of halogens is 2. The van der Waals surface area contributed by atoms with Gasteiger partial charge in [0.25, 0.3) is 0 Å². The minimum atomic E-state index is -0.881. The summed E-state index contributed by atoms with van der Waals surface area (Å²) in [4.78, 5) is 9.29. The van der Waals surface area contributed by atoms with Gasteiger partial charge in [0.15, 0.2) is 0 Å². The van der Waals surface area contributed by atoms with Crippen molar-refractivity contribution >= 4 is 47.5 Å². The average molecular weight is 254 g/mol. The number of hydrogen-bond donors (Lipinski definition) is 3. The molecule has 0 bridgehead atoms. The topological polar surface area (TPSA) is 63.3 Å². The summed E-state index contributed by atoms with van der Waals surface area (Å²) >= 11 is 14.6. The first-order valence-electron chi connectivity index (χ1n) is 3.50. The number of nitrogens with two attached hydrogens (primary N) is 1. The summed E-state index contributed by atoms with van der Waals surface area (Å²) in [5.41, 5.74) is 6.01. The highest BCUT2D eigenvalue weighted by Gasteiger charge is 1.94. The van der Waals surface area contributed by atoms with E-state index in [1.807, 2.05) is 0 Å². The third-order valence-electron chi connectivity index (χ3n) is 1.08. The number of anilines is 1. The first kappa shape index (κ1) is 13.4. The van der Waals surface area contributed by atoms with Crippen LogP contribution in [0.4, 0.5) is 5.69 Å². The molecule has 0 aliphatic carbocycles. The molecule has 0 saturated carbocycles. The number of carboxylic acid groups (broad SMARTS) is 1. The van der Waals surface area contributed by atoms with Gasteiger partial charge in [0.2, 0.25) is 0 Å². The van der Waals surface area contributed by atoms with E-state index in [4.69, 9.17) is 34.0 Å². The Kier molecular flexibility index (Phi) is 6.53. The molecular formula is C8H9Cl2NO2S. The molecule has 0 aromatic heterocycles. The van der Waals surface area contributed by atoms with E-state index in [0.29, 0.717) is 15.7 Å². The van der Waals surface area contributed by atoms with Crippen molar-refractivity contribution in [2.24, 2.45) is 0 Å². The van der Waals surface area contributed by atoms with Crippen LogP contribution in [0, 0.1) is 0 Å². The van der Waals surface area contributed by atoms with Crippen LogP contribution < -0.4 is 5.73 Å². The van der Waals surface area contributed by atoms with Crippen LogP contribution in [0.3, 0.4) is 0 Å². The highest BCUT2D eigenvalue weighted by molar-refractivity contribution is 7.81. The van der Waals surface area contributed by atoms with Crippen LogP contribution in [0.25, 0.3) is 0 Å². The highest BCUT2D eigenvalue weighted by atomic mass is 35.5. The minimum absolute atomic E-state index is 0.0833. The standard InChI is InChI=1S/C6H5Cl2N.C2H4O2S/c7-5-2-1-4(9)3-6(5)8;3-2(4)1-5/h1-3H,9H2;5H,1H2,(H,3,4). The zero-order valence-electron chi connectivity index (χ0n) is 7.08. The predicted molar refractivity (Wildman–Crippen MR) is 62.4 cm³/mol. The summed E-state index contributed by atoms with van der Waals surface area (Å²) in [5, 5.41) is 8.68. The number of nitrogen functional groups attached to an aromatic ring is 1. The molecule has 0 aliphatic heterocycles. The minimum Gasteiger partial charge on any atom is -0.481 e. The normalized spacial score (nSPS) is 8.79. The molecule has 0 fully saturated rings. The van der Waals surface area contributed by atoms with Gasteiger partial charge in [0, 0.05) is 5.69 Å². The van der Waals surface area contributed by atoms with Gasteiger partial charge < -0.3 is 10.8 Å². The predicted octanol–water partition coefficient (Wildman–Crippen LogP) is 2.58. The van der Waals surface area contributed by atoms with Gasteiger partial charge in [-0.3, -0.25) is 4.79 Å². The van der Waals surface area contributed by atoms with E-state index in [9.17, 15) is 4.79 Å². The van der Waals surface area contributed by atoms with Crippen LogP contribution >= 0.6 is 35.8 Å². The fraction of sp³-hybridized carbons (Fsp3) is 0.125. The second-order valence-corrected chi connectivity index (χ2v) is 3.36. The van der Waals surface area contributed by atoms with Gasteiger partial charge in [0.05, 0.1) is 15.8 Å². The average Bonchev–Trinajstić information content (AvgIpc) is 2.13. The van der Waals surface area contributed by atoms with Gasteiger partial charge in [-0.2, -0.15) is 12.6 Å². The van der Waals surface area contributed by atoms with Crippen molar-refractivity contribution < 1.29 is 9.90 Å². The Morgan fingerprint density at radius 2 is 1.93 bits per heavy atom. The lowest BCUT2D eigenvalue weighted by molar-refractivity contribution is -0.133. The quantitative estimate of drug-likeness (QED) is 0.533. The van der Waals surface area contributed by atoms with Crippen molar-refractivity contribution in [1.82, 2.24) is 0 Å². The van der Waals surface area contributed by atoms with Crippen LogP contribution in [0.5, 0.6) is 0 Å². The Morgan fingerprint density at radius 1 is 1.43 bits per heavy atom. The number of rotatable bonds is 1. The Hall–Kier alpha value is -0.580. The van der Waals surface area contributed by atoms with Crippen molar-refractivity contribution in [3.63, 3.8) is 0 Å². The van der Waals surface area contributed by atoms with E-state index in [2.05, 4.69) is 12.6 Å². The molecule has 0 unspecified atom stereocenters. The third-order valence-corrected chi connectivity index (χ3v) is 2.09. The van der Waals surface area contributed by atoms with E-state index in [1.54, 1.807) is 18.2 Å². The number of hydrogen-bond acceptors (Lipinski definition) is 3. The number of thiol groups is 1. The summed E-state index contributed by atoms with van der Waals surface area (Å²) in [6.07, 6.45) is 0. The molecule has 14 heavy (non-hydrogen) atoms. The van der Waals surface area contributed by atoms with Crippen LogP contribution in [0.2, 0.25) is 10.0 Å². The van der Waals surface area contributed by atoms with Gasteiger partial charge in [-0.25, -0.2) is 0 Å². The molecule has 3 N–H and O–H groups in total. The largest absolute Gasteiger partial charge is 0.481 e. The molecule has 0 spiro atoms. The first-order valence-corrected chi connectivity index (χ1v) is 4.89. The molecule has 78 valence electrons. The smallest absolute Gasteiger partial charge is 0.313 e. The van der Waals surface area contributed by atoms with E-state index in [-0.39, 0.29) is 5.75 Å². The van der Waals surface area contributed by atoms with Gasteiger partial charge in [-0.1, -0.05) is 23.2 Å². The Bertz CT molecular complexity index is 320. The fourth-order valence-electron chi connectivity index (χ4n) is 0.512. The molecule has 3 nitrogen and oxygen atoms in total. The monoisotopic (exact) mass is 253 g/mol. The SMILES string of the molecule is Nc1ccc(Cl)c(Cl)c1.O=C(O)CS. The zero-order valence-corrected chi connectivity index (χ0v) is 9.48. The van der Waals surface area contributed by atoms with Gasteiger partial charge in [-0.15, -0.1) is 0 Å². The van der Waals surface area contributed by atoms with Gasteiger partial charge >= 0.3 is 5.97 Å². The molecule has 0 radical (unpaired) electrons. The third kappa shape index (κ3) is 5.96. The number of carboxylic acids is 1. The molecule has 0 aliphatic rings. The molecule has 0 heterocycles. The summed E-state index contributed by atoms with van der Waals surface area (Å²) in [5.74, 6) is -0.965. The Labute approximate surface area is 97.2 Å². The van der Waals surface area contributed by atoms with Crippen LogP contribution in [0.15, 0.2) is 18.2 Å². The van der Waals surface area contributed by atoms with Crippen molar-refractivity contribution in [3.8, 4) is 0 Å². The van der Waals surface area contributed by atoms with Crippen molar-refractivity contribution in [2.75, 3.05) is 11.5 Å². The van der Waals surface area contributed by atoms with Crippen LogP contribution in [-0.2, 0) is 4.79 Å². The number of benzene rings is 1. The van der Waals surface area contributed by atoms with Crippen LogP contribution in [0.1, 0.15) is 0 Å². The summed E-state index contributed by atoms with van der Waals surface area (Å²) in [7, 11) is 0. The summed E-state index contributed by atoms with van der Waals surface area (Å²) < 4.78 is 0. The number of aliphatic carboxylic acids is 1. The maximum absolute atomic E-state index is 9.29. The first-order chi connectivity index (χ1) is 6.47. The molecule has 0 atom stereocenters. The van der Waals surface area contributed by atoms with E-state index in [0.717, 1.165) is 0 Å². The van der Waals surface area contributed by atoms with E-state index < -0.39 is 5.97 Å². The zero-order chi connectivity index (χ0) is 11.1. The summed E-state index contributed by atoms with van der Waals surface area (Å²) in [6, 6.07) is 4.98. The lowest BCUT2D eigenvalue weighted by Gasteiger charge is -1.94. The molecule has 1 aromatic carbocycles. The second kappa shape index (κ2) is 6.81. The van der Waals surface area contributed by atoms with Crippen molar-refractivity contribution in [2.45, 2.75) is 0 Å². The molecule has 0 amide bonds. The second-order valence-electron chi connectivity index (χ2n) is 2.23. The van der Waals surface area contributed by atoms with Gasteiger partial charge in [0.1, 0.15) is 0 Å². The molecule has 1 aromatic rings. The van der Waals surface area contributed by atoms with Crippen molar-refractivity contribution in [3.05, 3.63) is 28.2 Å². The lowest BCUT2D eigenvalue weighted by Crippen LogP contribution is -1.92. The summed E-state index contributed by atoms with van der Waals surface area (Å²) in [6.45, 7) is 0. The fourth-order valence-corrected chi connectivity index (χ4v) is 0.819. The van der Waals surface area contributed by atoms with E-state index >= 15 is 0 Å². The Balaban J connectivity index is 0.000000292. The number of carbonyl (C=O) groups is 1. The maximum atomic E-state index is 9.29.